The summed E-state index contributed by atoms with van der Waals surface area (Å²) in [4.78, 5) is 16.2. The number of hydrogen-bond donors (Lipinski definition) is 0. The molecule has 0 saturated heterocycles. The first-order valence-corrected chi connectivity index (χ1v) is 0.408. The molecule has 0 aromatic heterocycles. The molecule has 4 heavy (non-hydrogen) atoms. The van der Waals surface area contributed by atoms with Crippen LogP contribution in [0.5, 0.6) is 0 Å². The predicted octanol–water partition coefficient (Wildman–Crippen LogP) is -0.964. The Morgan fingerprint density at radius 3 is 1.25 bits per heavy atom. The summed E-state index contributed by atoms with van der Waals surface area (Å²) in [5.74, 6) is 0. The van der Waals surface area contributed by atoms with Gasteiger partial charge in [-0.25, -0.2) is 0 Å². The Morgan fingerprint density at radius 1 is 1.25 bits per heavy atom. The molecular weight excluding hydrogens is 117 g/mol. The maximum atomic E-state index is 8.12. The van der Waals surface area contributed by atoms with Gasteiger partial charge in [-0.05, 0) is 0 Å². The van der Waals surface area contributed by atoms with Crippen LogP contribution in [0.2, 0.25) is 0 Å². The van der Waals surface area contributed by atoms with Crippen molar-refractivity contribution < 1.29 is 9.59 Å². The van der Waals surface area contributed by atoms with E-state index in [0.717, 1.165) is 0 Å². The van der Waals surface area contributed by atoms with E-state index in [1.807, 2.05) is 0 Å². The minimum atomic E-state index is 0. The first kappa shape index (κ1) is 9.06. The second-order valence-electron chi connectivity index (χ2n) is 0.0833. The van der Waals surface area contributed by atoms with Gasteiger partial charge in [0.15, 0.2) is 0 Å². The Morgan fingerprint density at radius 2 is 1.25 bits per heavy atom. The molecule has 0 saturated carbocycles. The van der Waals surface area contributed by atoms with Gasteiger partial charge in [0.25, 0.3) is 0 Å². The molecule has 3 heteroatoms. The van der Waals surface area contributed by atoms with Crippen LogP contribution in [0.1, 0.15) is 0 Å². The molecule has 0 aliphatic heterocycles. The molecule has 0 unspecified atom stereocenters. The zero-order chi connectivity index (χ0) is 2.71. The fourth-order valence-electron chi connectivity index (χ4n) is 0. The summed E-state index contributed by atoms with van der Waals surface area (Å²) in [7, 11) is 0. The van der Waals surface area contributed by atoms with Crippen LogP contribution in [0.3, 0.4) is 0 Å². The van der Waals surface area contributed by atoms with Gasteiger partial charge in [-0.2, -0.15) is 9.59 Å². The van der Waals surface area contributed by atoms with E-state index in [-0.39, 0.29) is 23.7 Å². The van der Waals surface area contributed by atoms with E-state index in [9.17, 15) is 0 Å². The van der Waals surface area contributed by atoms with Gasteiger partial charge in [-0.15, -0.1) is 0 Å². The molecule has 0 aliphatic carbocycles. The summed E-state index contributed by atoms with van der Waals surface area (Å²) in [6.07, 6.45) is 0.250. The molecule has 20 valence electrons. The molecule has 0 bridgehead atoms. The third kappa shape index (κ3) is 275. The van der Waals surface area contributed by atoms with Crippen LogP contribution in [0.15, 0.2) is 0 Å². The first-order chi connectivity index (χ1) is 1.41. The minimum Gasteiger partial charge on any atom is -0.186 e. The van der Waals surface area contributed by atoms with Gasteiger partial charge in [0.1, 0.15) is 0 Å². The number of carbonyl (C=O) groups excluding carboxylic acids is 2. The normalized spacial score (nSPS) is 2.00. The Labute approximate surface area is 34.2 Å². The van der Waals surface area contributed by atoms with Crippen molar-refractivity contribution in [2.45, 2.75) is 0 Å². The molecular formula is CGeO2. The molecule has 0 aromatic rings. The van der Waals surface area contributed by atoms with E-state index in [0.29, 0.717) is 0 Å². The van der Waals surface area contributed by atoms with Crippen LogP contribution in [-0.4, -0.2) is 23.7 Å². The van der Waals surface area contributed by atoms with Crippen molar-refractivity contribution >= 4 is 23.7 Å². The van der Waals surface area contributed by atoms with Crippen LogP contribution >= 0.6 is 0 Å². The zero-order valence-electron chi connectivity index (χ0n) is 1.82. The Kier molecular flexibility index (Phi) is 28.8. The van der Waals surface area contributed by atoms with E-state index in [1.54, 1.807) is 0 Å². The van der Waals surface area contributed by atoms with Crippen LogP contribution < -0.4 is 0 Å². The summed E-state index contributed by atoms with van der Waals surface area (Å²) in [5, 5.41) is 0. The summed E-state index contributed by atoms with van der Waals surface area (Å²) < 4.78 is 0. The molecule has 0 spiro atoms. The Bertz CT molecular complexity index is 27.0. The van der Waals surface area contributed by atoms with E-state index < -0.39 is 0 Å². The molecule has 0 fully saturated rings. The Hall–Kier alpha value is -0.0771. The molecule has 0 atom stereocenters. The second kappa shape index (κ2) is 12.7. The van der Waals surface area contributed by atoms with E-state index >= 15 is 0 Å². The summed E-state index contributed by atoms with van der Waals surface area (Å²) in [6.45, 7) is 0. The van der Waals surface area contributed by atoms with Crippen LogP contribution in [0.25, 0.3) is 0 Å². The summed E-state index contributed by atoms with van der Waals surface area (Å²) >= 11 is 0. The van der Waals surface area contributed by atoms with Crippen LogP contribution in [-0.2, 0) is 9.59 Å². The van der Waals surface area contributed by atoms with Gasteiger partial charge in [0.05, 0.1) is 0 Å². The zero-order valence-corrected chi connectivity index (χ0v) is 3.91. The maximum Gasteiger partial charge on any atom is 0.373 e. The van der Waals surface area contributed by atoms with Crippen molar-refractivity contribution in [3.8, 4) is 0 Å². The van der Waals surface area contributed by atoms with Crippen molar-refractivity contribution in [1.82, 2.24) is 0 Å². The SMILES string of the molecule is O=C=O.[Ge]. The molecule has 0 rings (SSSR count). The monoisotopic (exact) mass is 118 g/mol. The quantitative estimate of drug-likeness (QED) is 0.382. The largest absolute Gasteiger partial charge is 0.373 e. The third-order valence-corrected chi connectivity index (χ3v) is 0. The topological polar surface area (TPSA) is 34.1 Å². The van der Waals surface area contributed by atoms with Gasteiger partial charge in [-0.3, -0.25) is 0 Å². The van der Waals surface area contributed by atoms with Crippen LogP contribution in [0.4, 0.5) is 0 Å². The fraction of sp³-hybridized carbons (Fsp3) is 0. The molecule has 0 aliphatic rings. The van der Waals surface area contributed by atoms with Gasteiger partial charge >= 0.3 is 6.15 Å². The van der Waals surface area contributed by atoms with Crippen LogP contribution in [0, 0.1) is 0 Å². The van der Waals surface area contributed by atoms with Gasteiger partial charge < -0.3 is 0 Å². The van der Waals surface area contributed by atoms with Crippen molar-refractivity contribution in [1.29, 1.82) is 0 Å². The standard InChI is InChI=1S/CO2.Ge/c2-1-3;. The first-order valence-electron chi connectivity index (χ1n) is 0.408. The number of hydrogen-bond acceptors (Lipinski definition) is 2. The molecule has 0 amide bonds. The van der Waals surface area contributed by atoms with Gasteiger partial charge in [-0.1, -0.05) is 0 Å². The van der Waals surface area contributed by atoms with Crippen molar-refractivity contribution in [3.05, 3.63) is 0 Å². The average molecular weight is 117 g/mol. The predicted molar refractivity (Wildman–Crippen MR) is 10.8 cm³/mol. The molecule has 0 aromatic carbocycles. The minimum absolute atomic E-state index is 0. The van der Waals surface area contributed by atoms with Crippen molar-refractivity contribution in [3.63, 3.8) is 0 Å². The van der Waals surface area contributed by atoms with Gasteiger partial charge in [0.2, 0.25) is 0 Å². The van der Waals surface area contributed by atoms with E-state index in [2.05, 4.69) is 0 Å². The van der Waals surface area contributed by atoms with Crippen molar-refractivity contribution in [2.75, 3.05) is 0 Å². The average Bonchev–Trinajstić information content (AvgIpc) is 0.918. The second-order valence-corrected chi connectivity index (χ2v) is 0.0833. The Balaban J connectivity index is 0. The fourth-order valence-corrected chi connectivity index (χ4v) is 0. The van der Waals surface area contributed by atoms with E-state index in [1.165, 1.54) is 0 Å². The molecule has 0 N–H and O–H groups in total. The molecule has 0 heterocycles. The summed E-state index contributed by atoms with van der Waals surface area (Å²) in [6, 6.07) is 0. The maximum absolute atomic E-state index is 8.12. The number of rotatable bonds is 0. The van der Waals surface area contributed by atoms with Crippen molar-refractivity contribution in [2.24, 2.45) is 0 Å². The smallest absolute Gasteiger partial charge is 0.186 e. The summed E-state index contributed by atoms with van der Waals surface area (Å²) in [5.41, 5.74) is 0. The van der Waals surface area contributed by atoms with Gasteiger partial charge in [0, 0.05) is 17.6 Å². The molecule has 4 radical (unpaired) electrons. The van der Waals surface area contributed by atoms with E-state index in [4.69, 9.17) is 9.59 Å². The third-order valence-electron chi connectivity index (χ3n) is 0. The molecule has 2 nitrogen and oxygen atoms in total.